The molecule has 15 rings (SSSR count). The second-order valence-corrected chi connectivity index (χ2v) is 35.3. The van der Waals surface area contributed by atoms with Gasteiger partial charge in [0.2, 0.25) is 35.6 Å². The summed E-state index contributed by atoms with van der Waals surface area (Å²) < 4.78 is 7.14. The van der Waals surface area contributed by atoms with E-state index < -0.39 is 0 Å². The number of aliphatic hydroxyl groups is 3. The van der Waals surface area contributed by atoms with E-state index in [1.54, 1.807) is 0 Å². The SMILES string of the molecule is CCC[C@H](C)Nc1ncc2c(C3CCN(C(=O)C4CCCCC4)CC3)cn(C3CCC(O)CC3)c2n1.CCC[C@H](C)Nc1ncc2c(C3CCN(C(=O)C4CCCCN4C)CC3)cn(C3CCC(O)CC3)c2n1.CCC[C@H](C)Nc1ncc2c(C3CCN(C(=O)[C@@H]4CCCCN4C)CC3)cn(C3CCC(O)CC3)c2n1. The molecule has 5 atom stereocenters. The van der Waals surface area contributed by atoms with Gasteiger partial charge in [-0.15, -0.1) is 0 Å². The van der Waals surface area contributed by atoms with Crippen LogP contribution in [0.15, 0.2) is 37.2 Å². The molecule has 0 aromatic carbocycles. The van der Waals surface area contributed by atoms with E-state index in [-0.39, 0.29) is 36.3 Å². The van der Waals surface area contributed by atoms with Crippen molar-refractivity contribution in [2.75, 3.05) is 82.4 Å². The molecule has 4 aliphatic carbocycles. The van der Waals surface area contributed by atoms with E-state index in [1.807, 2.05) is 18.6 Å². The minimum Gasteiger partial charge on any atom is -0.393 e. The van der Waals surface area contributed by atoms with Gasteiger partial charge in [-0.1, -0.05) is 72.1 Å². The highest BCUT2D eigenvalue weighted by molar-refractivity contribution is 5.86. The molecule has 6 aromatic heterocycles. The highest BCUT2D eigenvalue weighted by Gasteiger charge is 2.38. The van der Waals surface area contributed by atoms with Gasteiger partial charge in [0.1, 0.15) is 16.9 Å². The Balaban J connectivity index is 0.000000145. The van der Waals surface area contributed by atoms with Crippen LogP contribution in [0.25, 0.3) is 33.1 Å². The van der Waals surface area contributed by atoms with Gasteiger partial charge in [0.25, 0.3) is 0 Å². The Morgan fingerprint density at radius 3 is 0.964 bits per heavy atom. The van der Waals surface area contributed by atoms with Crippen LogP contribution in [0.5, 0.6) is 0 Å². The molecule has 23 nitrogen and oxygen atoms in total. The van der Waals surface area contributed by atoms with Crippen molar-refractivity contribution < 1.29 is 29.7 Å². The van der Waals surface area contributed by atoms with Gasteiger partial charge >= 0.3 is 0 Å². The number of rotatable bonds is 21. The highest BCUT2D eigenvalue weighted by atomic mass is 16.3. The fourth-order valence-corrected chi connectivity index (χ4v) is 20.4. The first kappa shape index (κ1) is 81.5. The van der Waals surface area contributed by atoms with Crippen molar-refractivity contribution in [2.24, 2.45) is 5.92 Å². The summed E-state index contributed by atoms with van der Waals surface area (Å²) in [6, 6.07) is 2.21. The number of hydrogen-bond donors (Lipinski definition) is 6. The molecule has 6 aromatic rings. The van der Waals surface area contributed by atoms with Crippen LogP contribution in [0.3, 0.4) is 0 Å². The third-order valence-electron chi connectivity index (χ3n) is 27.1. The lowest BCUT2D eigenvalue weighted by molar-refractivity contribution is -0.139. The van der Waals surface area contributed by atoms with Crippen LogP contribution in [0, 0.1) is 5.92 Å². The van der Waals surface area contributed by atoms with E-state index in [4.69, 9.17) is 29.9 Å². The molecule has 9 aliphatic rings. The number of aromatic nitrogens is 9. The lowest BCUT2D eigenvalue weighted by atomic mass is 9.86. The second kappa shape index (κ2) is 38.5. The number of amides is 3. The molecule has 5 saturated heterocycles. The number of nitrogens with one attached hydrogen (secondary N) is 3. The Hall–Kier alpha value is -6.53. The largest absolute Gasteiger partial charge is 0.393 e. The zero-order chi connectivity index (χ0) is 77.0. The molecule has 23 heteroatoms. The fourth-order valence-electron chi connectivity index (χ4n) is 20.4. The normalized spacial score (nSPS) is 26.4. The zero-order valence-electron chi connectivity index (χ0n) is 68.4. The molecule has 9 fully saturated rings. The zero-order valence-corrected chi connectivity index (χ0v) is 68.4. The van der Waals surface area contributed by atoms with E-state index in [1.165, 1.54) is 48.8 Å². The summed E-state index contributed by atoms with van der Waals surface area (Å²) in [6.07, 6.45) is 48.6. The molecule has 5 aliphatic heterocycles. The van der Waals surface area contributed by atoms with Crippen molar-refractivity contribution in [1.82, 2.24) is 68.1 Å². The van der Waals surface area contributed by atoms with Crippen LogP contribution in [0.4, 0.5) is 17.8 Å². The van der Waals surface area contributed by atoms with Crippen LogP contribution in [0.1, 0.15) is 319 Å². The fraction of sp³-hybridized carbons (Fsp3) is 0.759. The number of aliphatic hydroxyl groups excluding tert-OH is 3. The topological polar surface area (TPSA) is 256 Å². The number of nitrogens with zero attached hydrogens (tertiary/aromatic N) is 14. The van der Waals surface area contributed by atoms with E-state index in [9.17, 15) is 29.7 Å². The van der Waals surface area contributed by atoms with Crippen LogP contribution < -0.4 is 16.0 Å². The van der Waals surface area contributed by atoms with Crippen LogP contribution in [0.2, 0.25) is 0 Å². The van der Waals surface area contributed by atoms with Crippen LogP contribution in [-0.2, 0) is 14.4 Å². The summed E-state index contributed by atoms with van der Waals surface area (Å²) in [4.78, 5) is 79.7. The monoisotopic (exact) mass is 1520 g/mol. The maximum absolute atomic E-state index is 13.3. The van der Waals surface area contributed by atoms with E-state index >= 15 is 0 Å². The van der Waals surface area contributed by atoms with Crippen molar-refractivity contribution >= 4 is 68.7 Å². The first-order valence-electron chi connectivity index (χ1n) is 44.1. The number of fused-ring (bicyclic) bond motifs is 3. The molecule has 0 spiro atoms. The molecule has 11 heterocycles. The Morgan fingerprint density at radius 2 is 0.673 bits per heavy atom. The van der Waals surface area contributed by atoms with Crippen LogP contribution in [-0.4, -0.2) is 216 Å². The number of carbonyl (C=O) groups excluding carboxylic acids is 3. The molecule has 110 heavy (non-hydrogen) atoms. The predicted molar refractivity (Wildman–Crippen MR) is 440 cm³/mol. The maximum atomic E-state index is 13.3. The van der Waals surface area contributed by atoms with E-state index in [0.717, 1.165) is 278 Å². The summed E-state index contributed by atoms with van der Waals surface area (Å²) in [5, 5.41) is 44.2. The predicted octanol–water partition coefficient (Wildman–Crippen LogP) is 15.2. The summed E-state index contributed by atoms with van der Waals surface area (Å²) in [7, 11) is 4.19. The van der Waals surface area contributed by atoms with Gasteiger partial charge < -0.3 is 59.7 Å². The molecule has 4 saturated carbocycles. The lowest BCUT2D eigenvalue weighted by Gasteiger charge is -2.38. The summed E-state index contributed by atoms with van der Waals surface area (Å²) in [5.74, 6) is 4.66. The number of likely N-dealkylation sites (N-methyl/N-ethyl adjacent to an activating group) is 2. The van der Waals surface area contributed by atoms with Gasteiger partial charge in [-0.05, 0) is 256 Å². The molecule has 1 unspecified atom stereocenters. The second-order valence-electron chi connectivity index (χ2n) is 35.3. The quantitative estimate of drug-likeness (QED) is 0.0391. The van der Waals surface area contributed by atoms with Crippen molar-refractivity contribution in [2.45, 2.75) is 351 Å². The summed E-state index contributed by atoms with van der Waals surface area (Å²) in [6.45, 7) is 20.2. The number of piperidine rings is 5. The van der Waals surface area contributed by atoms with Gasteiger partial charge in [0.15, 0.2) is 0 Å². The van der Waals surface area contributed by atoms with Crippen molar-refractivity contribution in [3.8, 4) is 0 Å². The average molecular weight is 1520 g/mol. The first-order chi connectivity index (χ1) is 53.4. The van der Waals surface area contributed by atoms with Gasteiger partial charge in [-0.25, -0.2) is 15.0 Å². The van der Waals surface area contributed by atoms with Gasteiger partial charge in [-0.3, -0.25) is 24.2 Å². The smallest absolute Gasteiger partial charge is 0.239 e. The molecule has 3 amide bonds. The Kier molecular flexibility index (Phi) is 28.5. The standard InChI is InChI=1S/2C29H46N6O2.C29H45N5O2/c2*1-4-7-20(2)31-29-30-18-24-25(19-35(27(24)32-29)22-9-11-23(36)12-10-22)21-13-16-34(17-14-21)28(37)26-8-5-6-15-33(26)3;1-3-7-20(2)31-29-30-18-25-26(19-34(27(25)32-29)23-10-12-24(35)13-11-23)21-14-16-33(17-15-21)28(36)22-8-5-4-6-9-22/h2*18-23,26,36H,4-17H2,1-3H3,(H,30,31,32);18-24,35H,3-17H2,1-2H3,(H,30,31,32)/t20-,22?,23?,26?;20-,22?,23?,26-;20-,23?,24?/m000/s1. The third-order valence-corrected chi connectivity index (χ3v) is 27.1. The van der Waals surface area contributed by atoms with Gasteiger partial charge in [0.05, 0.1) is 30.4 Å². The highest BCUT2D eigenvalue weighted by Crippen LogP contribution is 2.44. The van der Waals surface area contributed by atoms with Crippen molar-refractivity contribution in [3.63, 3.8) is 0 Å². The summed E-state index contributed by atoms with van der Waals surface area (Å²) >= 11 is 0. The maximum Gasteiger partial charge on any atom is 0.239 e. The average Bonchev–Trinajstić information content (AvgIpc) is 1.62. The van der Waals surface area contributed by atoms with Crippen LogP contribution >= 0.6 is 0 Å². The molecule has 0 bridgehead atoms. The van der Waals surface area contributed by atoms with E-state index in [0.29, 0.717) is 89.6 Å². The summed E-state index contributed by atoms with van der Waals surface area (Å²) in [5.41, 5.74) is 7.05. The minimum atomic E-state index is -0.177. The van der Waals surface area contributed by atoms with Gasteiger partial charge in [0, 0.05) is 135 Å². The van der Waals surface area contributed by atoms with Crippen molar-refractivity contribution in [3.05, 3.63) is 53.9 Å². The molecule has 6 N–H and O–H groups in total. The molecule has 606 valence electrons. The number of hydrogen-bond acceptors (Lipinski definition) is 17. The Bertz CT molecular complexity index is 3750. The molecular weight excluding hydrogens is 1380 g/mol. The Labute approximate surface area is 656 Å². The van der Waals surface area contributed by atoms with E-state index in [2.05, 4.69) is 128 Å². The molecule has 0 radical (unpaired) electrons. The number of anilines is 3. The van der Waals surface area contributed by atoms with Crippen molar-refractivity contribution in [1.29, 1.82) is 0 Å². The minimum absolute atomic E-state index is 0.0586. The first-order valence-corrected chi connectivity index (χ1v) is 44.1. The Morgan fingerprint density at radius 1 is 0.382 bits per heavy atom. The molecular formula is C87H137N17O6. The number of carbonyl (C=O) groups is 3. The lowest BCUT2D eigenvalue weighted by Crippen LogP contribution is -2.51. The third kappa shape index (κ3) is 19.8. The number of likely N-dealkylation sites (tertiary alicyclic amines) is 5. The van der Waals surface area contributed by atoms with Gasteiger partial charge in [-0.2, -0.15) is 15.0 Å².